The molecule has 1 atom stereocenters. The van der Waals surface area contributed by atoms with Gasteiger partial charge in [0.2, 0.25) is 0 Å². The van der Waals surface area contributed by atoms with Crippen molar-refractivity contribution in [3.05, 3.63) is 41.3 Å². The first-order valence-electron chi connectivity index (χ1n) is 7.72. The number of hydrogen-bond donors (Lipinski definition) is 2. The van der Waals surface area contributed by atoms with E-state index < -0.39 is 0 Å². The van der Waals surface area contributed by atoms with Crippen LogP contribution < -0.4 is 10.6 Å². The van der Waals surface area contributed by atoms with Gasteiger partial charge in [0.25, 0.3) is 0 Å². The highest BCUT2D eigenvalue weighted by molar-refractivity contribution is 5.60. The third-order valence-corrected chi connectivity index (χ3v) is 4.14. The molecule has 0 bridgehead atoms. The first-order chi connectivity index (χ1) is 10.6. The number of piperidine rings is 1. The van der Waals surface area contributed by atoms with E-state index in [1.807, 2.05) is 13.8 Å². The molecule has 2 N–H and O–H groups in total. The zero-order valence-electron chi connectivity index (χ0n) is 13.0. The standard InChI is InChI=1S/C17H21FN4/c1-11-12(2)20-17(14-7-3-4-8-15(14)18)22-16(11)21-13-6-5-9-19-10-13/h3-4,7-8,13,19H,5-6,9-10H2,1-2H3,(H,20,21,22). The highest BCUT2D eigenvalue weighted by Gasteiger charge is 2.17. The van der Waals surface area contributed by atoms with E-state index in [0.717, 1.165) is 43.0 Å². The molecule has 0 saturated carbocycles. The van der Waals surface area contributed by atoms with Crippen LogP contribution in [0.2, 0.25) is 0 Å². The highest BCUT2D eigenvalue weighted by Crippen LogP contribution is 2.24. The topological polar surface area (TPSA) is 49.8 Å². The van der Waals surface area contributed by atoms with Crippen molar-refractivity contribution in [1.82, 2.24) is 15.3 Å². The van der Waals surface area contributed by atoms with E-state index in [1.165, 1.54) is 6.07 Å². The molecule has 4 nitrogen and oxygen atoms in total. The van der Waals surface area contributed by atoms with E-state index in [4.69, 9.17) is 0 Å². The van der Waals surface area contributed by atoms with Crippen molar-refractivity contribution in [1.29, 1.82) is 0 Å². The number of aromatic nitrogens is 2. The number of benzene rings is 1. The summed E-state index contributed by atoms with van der Waals surface area (Å²) in [5.74, 6) is 0.947. The van der Waals surface area contributed by atoms with E-state index in [1.54, 1.807) is 18.2 Å². The summed E-state index contributed by atoms with van der Waals surface area (Å²) in [6.45, 7) is 5.93. The first-order valence-corrected chi connectivity index (χ1v) is 7.72. The van der Waals surface area contributed by atoms with Crippen molar-refractivity contribution >= 4 is 5.82 Å². The lowest BCUT2D eigenvalue weighted by Gasteiger charge is -2.25. The van der Waals surface area contributed by atoms with Crippen LogP contribution in [0.25, 0.3) is 11.4 Å². The second-order valence-electron chi connectivity index (χ2n) is 5.77. The lowest BCUT2D eigenvalue weighted by Crippen LogP contribution is -2.38. The molecule has 0 aliphatic carbocycles. The molecule has 2 heterocycles. The van der Waals surface area contributed by atoms with Gasteiger partial charge in [0.1, 0.15) is 11.6 Å². The summed E-state index contributed by atoms with van der Waals surface area (Å²) < 4.78 is 14.0. The van der Waals surface area contributed by atoms with Crippen molar-refractivity contribution in [2.24, 2.45) is 0 Å². The van der Waals surface area contributed by atoms with Crippen molar-refractivity contribution in [3.63, 3.8) is 0 Å². The smallest absolute Gasteiger partial charge is 0.164 e. The molecule has 1 aromatic carbocycles. The van der Waals surface area contributed by atoms with E-state index in [0.29, 0.717) is 17.4 Å². The summed E-state index contributed by atoms with van der Waals surface area (Å²) in [4.78, 5) is 9.02. The number of anilines is 1. The average molecular weight is 300 g/mol. The largest absolute Gasteiger partial charge is 0.366 e. The van der Waals surface area contributed by atoms with Crippen LogP contribution >= 0.6 is 0 Å². The second kappa shape index (κ2) is 6.40. The number of rotatable bonds is 3. The van der Waals surface area contributed by atoms with Crippen molar-refractivity contribution in [3.8, 4) is 11.4 Å². The average Bonchev–Trinajstić information content (AvgIpc) is 2.53. The Balaban J connectivity index is 1.94. The molecule has 1 aliphatic heterocycles. The van der Waals surface area contributed by atoms with Crippen LogP contribution in [-0.4, -0.2) is 29.1 Å². The Morgan fingerprint density at radius 3 is 2.77 bits per heavy atom. The number of halogens is 1. The van der Waals surface area contributed by atoms with Gasteiger partial charge in [0, 0.05) is 23.8 Å². The molecule has 3 rings (SSSR count). The Hall–Kier alpha value is -2.01. The molecule has 1 saturated heterocycles. The molecule has 1 fully saturated rings. The van der Waals surface area contributed by atoms with Crippen LogP contribution in [0.4, 0.5) is 10.2 Å². The number of aryl methyl sites for hydroxylation is 1. The van der Waals surface area contributed by atoms with Gasteiger partial charge in [0.15, 0.2) is 5.82 Å². The summed E-state index contributed by atoms with van der Waals surface area (Å²) in [5.41, 5.74) is 2.33. The molecule has 5 heteroatoms. The minimum Gasteiger partial charge on any atom is -0.366 e. The molecular weight excluding hydrogens is 279 g/mol. The molecule has 0 amide bonds. The Bertz CT molecular complexity index is 666. The van der Waals surface area contributed by atoms with Crippen LogP contribution in [-0.2, 0) is 0 Å². The van der Waals surface area contributed by atoms with Crippen LogP contribution in [0.1, 0.15) is 24.1 Å². The van der Waals surface area contributed by atoms with Crippen LogP contribution in [0.5, 0.6) is 0 Å². The fourth-order valence-corrected chi connectivity index (χ4v) is 2.70. The van der Waals surface area contributed by atoms with Crippen LogP contribution in [0.15, 0.2) is 24.3 Å². The third-order valence-electron chi connectivity index (χ3n) is 4.14. The Morgan fingerprint density at radius 2 is 2.05 bits per heavy atom. The molecule has 0 radical (unpaired) electrons. The maximum Gasteiger partial charge on any atom is 0.164 e. The summed E-state index contributed by atoms with van der Waals surface area (Å²) in [6, 6.07) is 6.98. The molecule has 1 aromatic heterocycles. The lowest BCUT2D eigenvalue weighted by atomic mass is 10.1. The summed E-state index contributed by atoms with van der Waals surface area (Å²) in [6.07, 6.45) is 2.27. The zero-order valence-corrected chi connectivity index (χ0v) is 13.0. The SMILES string of the molecule is Cc1nc(-c2ccccc2F)nc(NC2CCCNC2)c1C. The quantitative estimate of drug-likeness (QED) is 0.914. The highest BCUT2D eigenvalue weighted by atomic mass is 19.1. The zero-order chi connectivity index (χ0) is 15.5. The number of nitrogens with zero attached hydrogens (tertiary/aromatic N) is 2. The van der Waals surface area contributed by atoms with Gasteiger partial charge in [-0.25, -0.2) is 14.4 Å². The Morgan fingerprint density at radius 1 is 1.23 bits per heavy atom. The molecule has 116 valence electrons. The van der Waals surface area contributed by atoms with Crippen molar-refractivity contribution in [2.75, 3.05) is 18.4 Å². The molecule has 2 aromatic rings. The maximum atomic E-state index is 14.0. The van der Waals surface area contributed by atoms with Gasteiger partial charge in [-0.2, -0.15) is 0 Å². The molecule has 22 heavy (non-hydrogen) atoms. The van der Waals surface area contributed by atoms with Gasteiger partial charge in [-0.3, -0.25) is 0 Å². The van der Waals surface area contributed by atoms with Gasteiger partial charge >= 0.3 is 0 Å². The summed E-state index contributed by atoms with van der Waals surface area (Å²) in [7, 11) is 0. The monoisotopic (exact) mass is 300 g/mol. The normalized spacial score (nSPS) is 18.2. The van der Waals surface area contributed by atoms with Crippen LogP contribution in [0, 0.1) is 19.7 Å². The Labute approximate surface area is 130 Å². The van der Waals surface area contributed by atoms with E-state index in [-0.39, 0.29) is 5.82 Å². The van der Waals surface area contributed by atoms with E-state index in [9.17, 15) is 4.39 Å². The van der Waals surface area contributed by atoms with Gasteiger partial charge < -0.3 is 10.6 Å². The molecule has 1 unspecified atom stereocenters. The molecule has 0 spiro atoms. The van der Waals surface area contributed by atoms with E-state index in [2.05, 4.69) is 20.6 Å². The molecule has 1 aliphatic rings. The van der Waals surface area contributed by atoms with E-state index >= 15 is 0 Å². The third kappa shape index (κ3) is 3.09. The number of hydrogen-bond acceptors (Lipinski definition) is 4. The minimum absolute atomic E-state index is 0.295. The first kappa shape index (κ1) is 14.9. The van der Waals surface area contributed by atoms with Crippen molar-refractivity contribution < 1.29 is 4.39 Å². The van der Waals surface area contributed by atoms with Gasteiger partial charge in [-0.15, -0.1) is 0 Å². The number of nitrogens with one attached hydrogen (secondary N) is 2. The fraction of sp³-hybridized carbons (Fsp3) is 0.412. The predicted molar refractivity (Wildman–Crippen MR) is 86.4 cm³/mol. The minimum atomic E-state index is -0.295. The van der Waals surface area contributed by atoms with Gasteiger partial charge in [-0.1, -0.05) is 12.1 Å². The van der Waals surface area contributed by atoms with Gasteiger partial charge in [-0.05, 0) is 45.4 Å². The second-order valence-corrected chi connectivity index (χ2v) is 5.77. The predicted octanol–water partition coefficient (Wildman–Crippen LogP) is 3.06. The summed E-state index contributed by atoms with van der Waals surface area (Å²) >= 11 is 0. The van der Waals surface area contributed by atoms with Crippen LogP contribution in [0.3, 0.4) is 0 Å². The van der Waals surface area contributed by atoms with Crippen molar-refractivity contribution in [2.45, 2.75) is 32.7 Å². The Kier molecular flexibility index (Phi) is 4.34. The maximum absolute atomic E-state index is 14.0. The fourth-order valence-electron chi connectivity index (χ4n) is 2.70. The molecular formula is C17H21FN4. The summed E-state index contributed by atoms with van der Waals surface area (Å²) in [5, 5.41) is 6.86. The van der Waals surface area contributed by atoms with Gasteiger partial charge in [0.05, 0.1) is 5.56 Å². The lowest BCUT2D eigenvalue weighted by molar-refractivity contribution is 0.478.